The maximum absolute atomic E-state index is 13.7. The summed E-state index contributed by atoms with van der Waals surface area (Å²) in [7, 11) is -2.98. The molecule has 1 aromatic heterocycles. The first-order chi connectivity index (χ1) is 14.4. The van der Waals surface area contributed by atoms with E-state index in [1.54, 1.807) is 36.4 Å². The zero-order valence-electron chi connectivity index (χ0n) is 16.2. The molecule has 0 spiro atoms. The average Bonchev–Trinajstić information content (AvgIpc) is 3.26. The molecular weight excluding hydrogens is 411 g/mol. The Hall–Kier alpha value is -3.17. The molecule has 0 aliphatic heterocycles. The number of benzene rings is 2. The van der Waals surface area contributed by atoms with Gasteiger partial charge in [-0.25, -0.2) is 12.8 Å². The van der Waals surface area contributed by atoms with Crippen molar-refractivity contribution in [3.05, 3.63) is 84.1 Å². The van der Waals surface area contributed by atoms with Crippen LogP contribution in [-0.4, -0.2) is 27.5 Å². The number of ether oxygens (including phenoxy) is 1. The summed E-state index contributed by atoms with van der Waals surface area (Å²) in [5.41, 5.74) is 0.754. The highest BCUT2D eigenvalue weighted by molar-refractivity contribution is 7.89. The Kier molecular flexibility index (Phi) is 6.86. The maximum atomic E-state index is 13.7. The summed E-state index contributed by atoms with van der Waals surface area (Å²) in [6.07, 6.45) is 1.57. The Bertz CT molecular complexity index is 1090. The molecule has 158 valence electrons. The van der Waals surface area contributed by atoms with Crippen molar-refractivity contribution < 1.29 is 26.8 Å². The van der Waals surface area contributed by atoms with Crippen LogP contribution in [0.3, 0.4) is 0 Å². The van der Waals surface area contributed by atoms with E-state index in [0.29, 0.717) is 5.76 Å². The van der Waals surface area contributed by atoms with Gasteiger partial charge in [0.1, 0.15) is 28.3 Å². The van der Waals surface area contributed by atoms with Crippen LogP contribution in [0.4, 0.5) is 4.39 Å². The van der Waals surface area contributed by atoms with E-state index in [-0.39, 0.29) is 23.6 Å². The third kappa shape index (κ3) is 5.46. The first kappa shape index (κ1) is 21.5. The number of hydrogen-bond donors (Lipinski definition) is 2. The number of rotatable bonds is 9. The summed E-state index contributed by atoms with van der Waals surface area (Å²) in [4.78, 5) is 12.4. The summed E-state index contributed by atoms with van der Waals surface area (Å²) in [6.45, 7) is 0.0993. The second-order valence-corrected chi connectivity index (χ2v) is 8.14. The Morgan fingerprint density at radius 3 is 2.57 bits per heavy atom. The summed E-state index contributed by atoms with van der Waals surface area (Å²) < 4.78 is 52.2. The zero-order chi connectivity index (χ0) is 21.6. The number of carbonyl (C=O) groups excluding carboxylic acids is 1. The standard InChI is InChI=1S/C21H21FN2O5S/c1-28-19-10-9-16(22)13-20(19)30(26,27)24-18(12-15-6-3-2-4-7-15)21(25)23-14-17-8-5-11-29-17/h2-11,13,18,24H,12,14H2,1H3,(H,23,25). The summed E-state index contributed by atoms with van der Waals surface area (Å²) in [5.74, 6) is -0.790. The molecule has 3 aromatic rings. The van der Waals surface area contributed by atoms with Crippen molar-refractivity contribution in [1.29, 1.82) is 0 Å². The number of hydrogen-bond acceptors (Lipinski definition) is 5. The van der Waals surface area contributed by atoms with E-state index in [2.05, 4.69) is 10.0 Å². The number of amides is 1. The van der Waals surface area contributed by atoms with E-state index in [1.165, 1.54) is 19.4 Å². The maximum Gasteiger partial charge on any atom is 0.245 e. The predicted molar refractivity (Wildman–Crippen MR) is 108 cm³/mol. The van der Waals surface area contributed by atoms with Gasteiger partial charge in [-0.1, -0.05) is 30.3 Å². The van der Waals surface area contributed by atoms with E-state index >= 15 is 0 Å². The molecule has 0 aliphatic carbocycles. The van der Waals surface area contributed by atoms with Crippen LogP contribution in [0.15, 0.2) is 76.2 Å². The van der Waals surface area contributed by atoms with Gasteiger partial charge in [0, 0.05) is 0 Å². The summed E-state index contributed by atoms with van der Waals surface area (Å²) >= 11 is 0. The van der Waals surface area contributed by atoms with Crippen LogP contribution in [0.5, 0.6) is 5.75 Å². The van der Waals surface area contributed by atoms with E-state index in [0.717, 1.165) is 17.7 Å². The Balaban J connectivity index is 1.85. The van der Waals surface area contributed by atoms with Crippen LogP contribution in [0.2, 0.25) is 0 Å². The summed E-state index contributed by atoms with van der Waals surface area (Å²) in [5, 5.41) is 2.65. The molecule has 7 nitrogen and oxygen atoms in total. The van der Waals surface area contributed by atoms with Gasteiger partial charge >= 0.3 is 0 Å². The Morgan fingerprint density at radius 2 is 1.90 bits per heavy atom. The van der Waals surface area contributed by atoms with Crippen LogP contribution in [-0.2, 0) is 27.8 Å². The monoisotopic (exact) mass is 432 g/mol. The lowest BCUT2D eigenvalue weighted by Crippen LogP contribution is -2.47. The number of furan rings is 1. The van der Waals surface area contributed by atoms with Gasteiger partial charge in [0.25, 0.3) is 0 Å². The number of carbonyl (C=O) groups is 1. The van der Waals surface area contributed by atoms with Crippen LogP contribution in [0.25, 0.3) is 0 Å². The highest BCUT2D eigenvalue weighted by Gasteiger charge is 2.28. The average molecular weight is 432 g/mol. The normalized spacial score (nSPS) is 12.3. The van der Waals surface area contributed by atoms with E-state index < -0.39 is 27.8 Å². The molecule has 2 aromatic carbocycles. The van der Waals surface area contributed by atoms with Crippen molar-refractivity contribution in [1.82, 2.24) is 10.0 Å². The molecule has 1 atom stereocenters. The fourth-order valence-corrected chi connectivity index (χ4v) is 4.24. The van der Waals surface area contributed by atoms with E-state index in [1.807, 2.05) is 6.07 Å². The van der Waals surface area contributed by atoms with Gasteiger partial charge in [0.05, 0.1) is 19.9 Å². The lowest BCUT2D eigenvalue weighted by molar-refractivity contribution is -0.122. The highest BCUT2D eigenvalue weighted by Crippen LogP contribution is 2.24. The second kappa shape index (κ2) is 9.55. The molecule has 1 amide bonds. The lowest BCUT2D eigenvalue weighted by atomic mass is 10.1. The number of methoxy groups -OCH3 is 1. The van der Waals surface area contributed by atoms with Gasteiger partial charge in [-0.15, -0.1) is 0 Å². The van der Waals surface area contributed by atoms with E-state index in [9.17, 15) is 17.6 Å². The minimum Gasteiger partial charge on any atom is -0.495 e. The molecule has 0 fully saturated rings. The number of nitrogens with one attached hydrogen (secondary N) is 2. The van der Waals surface area contributed by atoms with Gasteiger partial charge in [-0.3, -0.25) is 4.79 Å². The Labute approximate surface area is 173 Å². The fraction of sp³-hybridized carbons (Fsp3) is 0.190. The van der Waals surface area contributed by atoms with Crippen LogP contribution in [0, 0.1) is 5.82 Å². The molecule has 0 bridgehead atoms. The smallest absolute Gasteiger partial charge is 0.245 e. The van der Waals surface area contributed by atoms with E-state index in [4.69, 9.17) is 9.15 Å². The third-order valence-corrected chi connectivity index (χ3v) is 5.82. The van der Waals surface area contributed by atoms with Gasteiger partial charge in [-0.2, -0.15) is 4.72 Å². The zero-order valence-corrected chi connectivity index (χ0v) is 17.0. The van der Waals surface area contributed by atoms with Crippen LogP contribution >= 0.6 is 0 Å². The molecule has 30 heavy (non-hydrogen) atoms. The van der Waals surface area contributed by atoms with Crippen molar-refractivity contribution in [2.45, 2.75) is 23.9 Å². The van der Waals surface area contributed by atoms with Gasteiger partial charge in [-0.05, 0) is 42.3 Å². The van der Waals surface area contributed by atoms with Crippen molar-refractivity contribution in [2.75, 3.05) is 7.11 Å². The second-order valence-electron chi connectivity index (χ2n) is 6.46. The Morgan fingerprint density at radius 1 is 1.13 bits per heavy atom. The molecule has 0 saturated heterocycles. The molecule has 0 aliphatic rings. The van der Waals surface area contributed by atoms with Crippen molar-refractivity contribution in [3.63, 3.8) is 0 Å². The van der Waals surface area contributed by atoms with Gasteiger partial charge < -0.3 is 14.5 Å². The third-order valence-electron chi connectivity index (χ3n) is 4.33. The minimum atomic E-state index is -4.26. The molecule has 1 unspecified atom stereocenters. The molecular formula is C21H21FN2O5S. The first-order valence-corrected chi connectivity index (χ1v) is 10.6. The largest absolute Gasteiger partial charge is 0.495 e. The topological polar surface area (TPSA) is 97.6 Å². The van der Waals surface area contributed by atoms with Gasteiger partial charge in [0.2, 0.25) is 15.9 Å². The number of halogens is 1. The SMILES string of the molecule is COc1ccc(F)cc1S(=O)(=O)NC(Cc1ccccc1)C(=O)NCc1ccco1. The number of sulfonamides is 1. The molecule has 3 rings (SSSR count). The molecule has 0 radical (unpaired) electrons. The quantitative estimate of drug-likeness (QED) is 0.542. The molecule has 9 heteroatoms. The molecule has 2 N–H and O–H groups in total. The van der Waals surface area contributed by atoms with Crippen molar-refractivity contribution >= 4 is 15.9 Å². The minimum absolute atomic E-state index is 0.0293. The molecule has 1 heterocycles. The van der Waals surface area contributed by atoms with Crippen LogP contribution < -0.4 is 14.8 Å². The predicted octanol–water partition coefficient (Wildman–Crippen LogP) is 2.63. The highest BCUT2D eigenvalue weighted by atomic mass is 32.2. The van der Waals surface area contributed by atoms with Crippen molar-refractivity contribution in [3.8, 4) is 5.75 Å². The summed E-state index contributed by atoms with van der Waals surface area (Å²) in [6, 6.07) is 14.3. The van der Waals surface area contributed by atoms with Gasteiger partial charge in [0.15, 0.2) is 0 Å². The fourth-order valence-electron chi connectivity index (χ4n) is 2.86. The van der Waals surface area contributed by atoms with Crippen molar-refractivity contribution in [2.24, 2.45) is 0 Å². The lowest BCUT2D eigenvalue weighted by Gasteiger charge is -2.19. The molecule has 0 saturated carbocycles. The first-order valence-electron chi connectivity index (χ1n) is 9.09. The van der Waals surface area contributed by atoms with Crippen LogP contribution in [0.1, 0.15) is 11.3 Å².